The van der Waals surface area contributed by atoms with E-state index >= 15 is 0 Å². The van der Waals surface area contributed by atoms with Crippen molar-refractivity contribution in [1.29, 1.82) is 0 Å². The van der Waals surface area contributed by atoms with Crippen molar-refractivity contribution >= 4 is 17.5 Å². The number of carbonyl (C=O) groups is 1. The first kappa shape index (κ1) is 19.8. The molecule has 2 heteroatoms. The third-order valence-electron chi connectivity index (χ3n) is 7.06. The van der Waals surface area contributed by atoms with Gasteiger partial charge in [-0.3, -0.25) is 4.79 Å². The molecule has 0 saturated carbocycles. The molecular weight excluding hydrogens is 378 g/mol. The number of fused-ring (bicyclic) bond motifs is 1. The second-order valence-corrected chi connectivity index (χ2v) is 8.62. The van der Waals surface area contributed by atoms with Gasteiger partial charge in [-0.2, -0.15) is 0 Å². The number of carbonyl (C=O) groups excluding carboxylic acids is 1. The molecule has 2 unspecified atom stereocenters. The molecule has 0 saturated heterocycles. The van der Waals surface area contributed by atoms with Crippen molar-refractivity contribution in [3.8, 4) is 0 Å². The van der Waals surface area contributed by atoms with E-state index in [4.69, 9.17) is 0 Å². The van der Waals surface area contributed by atoms with Crippen molar-refractivity contribution in [3.05, 3.63) is 106 Å². The second kappa shape index (κ2) is 8.19. The van der Waals surface area contributed by atoms with Crippen molar-refractivity contribution in [3.63, 3.8) is 0 Å². The van der Waals surface area contributed by atoms with Crippen LogP contribution in [0, 0.1) is 0 Å². The van der Waals surface area contributed by atoms with Gasteiger partial charge in [-0.1, -0.05) is 54.6 Å². The molecule has 3 aromatic carbocycles. The summed E-state index contributed by atoms with van der Waals surface area (Å²) in [5, 5.41) is 0. The van der Waals surface area contributed by atoms with Crippen molar-refractivity contribution in [2.45, 2.75) is 38.5 Å². The summed E-state index contributed by atoms with van der Waals surface area (Å²) >= 11 is 0. The average molecular weight is 408 g/mol. The maximum atomic E-state index is 12.9. The highest BCUT2D eigenvalue weighted by Crippen LogP contribution is 2.52. The topological polar surface area (TPSA) is 20.3 Å². The van der Waals surface area contributed by atoms with Crippen molar-refractivity contribution in [2.24, 2.45) is 0 Å². The Kier molecular flexibility index (Phi) is 5.23. The highest BCUT2D eigenvalue weighted by Gasteiger charge is 2.37. The standard InChI is InChI=1S/C29H29NO/c1-3-30(4-2)22-13-9-20(10-14-22)11-18-29(31)21-12-15-26-25-16-17-27(28(26)19-21)24-8-6-5-7-23(24)25/h5-15,18-19,25,27H,3-4,16-17H2,1-2H3/b18-11+. The van der Waals surface area contributed by atoms with Gasteiger partial charge < -0.3 is 4.90 Å². The molecule has 2 bridgehead atoms. The lowest BCUT2D eigenvalue weighted by atomic mass is 9.63. The predicted molar refractivity (Wildman–Crippen MR) is 129 cm³/mol. The molecule has 0 amide bonds. The zero-order valence-electron chi connectivity index (χ0n) is 18.3. The van der Waals surface area contributed by atoms with E-state index in [1.165, 1.54) is 40.8 Å². The van der Waals surface area contributed by atoms with Gasteiger partial charge in [-0.25, -0.2) is 0 Å². The zero-order chi connectivity index (χ0) is 21.4. The smallest absolute Gasteiger partial charge is 0.185 e. The molecule has 0 fully saturated rings. The van der Waals surface area contributed by atoms with Crippen molar-refractivity contribution < 1.29 is 4.79 Å². The molecule has 2 nitrogen and oxygen atoms in total. The van der Waals surface area contributed by atoms with Crippen LogP contribution < -0.4 is 4.90 Å². The lowest BCUT2D eigenvalue weighted by molar-refractivity contribution is 0.104. The number of hydrogen-bond acceptors (Lipinski definition) is 2. The van der Waals surface area contributed by atoms with Crippen LogP contribution in [0.3, 0.4) is 0 Å². The van der Waals surface area contributed by atoms with E-state index < -0.39 is 0 Å². The maximum absolute atomic E-state index is 12.9. The molecular formula is C29H29NO. The lowest BCUT2D eigenvalue weighted by Crippen LogP contribution is -2.25. The Balaban J connectivity index is 1.37. The fourth-order valence-corrected chi connectivity index (χ4v) is 5.44. The highest BCUT2D eigenvalue weighted by atomic mass is 16.1. The number of anilines is 1. The summed E-state index contributed by atoms with van der Waals surface area (Å²) in [6.07, 6.45) is 6.03. The monoisotopic (exact) mass is 407 g/mol. The van der Waals surface area contributed by atoms with E-state index in [2.05, 4.69) is 79.4 Å². The molecule has 0 radical (unpaired) electrons. The summed E-state index contributed by atoms with van der Waals surface area (Å²) in [5.41, 5.74) is 8.78. The first-order chi connectivity index (χ1) is 15.2. The summed E-state index contributed by atoms with van der Waals surface area (Å²) in [6.45, 7) is 6.32. The molecule has 0 spiro atoms. The molecule has 0 aromatic heterocycles. The highest BCUT2D eigenvalue weighted by molar-refractivity contribution is 6.07. The second-order valence-electron chi connectivity index (χ2n) is 8.62. The number of benzene rings is 3. The van der Waals surface area contributed by atoms with Gasteiger partial charge in [-0.05, 0) is 78.8 Å². The Morgan fingerprint density at radius 1 is 0.839 bits per heavy atom. The average Bonchev–Trinajstić information content (AvgIpc) is 2.84. The number of nitrogens with zero attached hydrogens (tertiary/aromatic N) is 1. The molecule has 3 aliphatic rings. The minimum atomic E-state index is 0.0744. The van der Waals surface area contributed by atoms with Crippen LogP contribution in [0.25, 0.3) is 6.08 Å². The number of ketones is 1. The van der Waals surface area contributed by atoms with E-state index in [0.29, 0.717) is 11.8 Å². The molecule has 0 aliphatic heterocycles. The molecule has 31 heavy (non-hydrogen) atoms. The Morgan fingerprint density at radius 3 is 2.10 bits per heavy atom. The van der Waals surface area contributed by atoms with Crippen molar-refractivity contribution in [1.82, 2.24) is 0 Å². The van der Waals surface area contributed by atoms with Gasteiger partial charge in [0.15, 0.2) is 5.78 Å². The van der Waals surface area contributed by atoms with Crippen LogP contribution in [-0.4, -0.2) is 18.9 Å². The maximum Gasteiger partial charge on any atom is 0.185 e. The van der Waals surface area contributed by atoms with Gasteiger partial charge in [-0.15, -0.1) is 0 Å². The van der Waals surface area contributed by atoms with Gasteiger partial charge in [0.05, 0.1) is 0 Å². The van der Waals surface area contributed by atoms with E-state index in [-0.39, 0.29) is 5.78 Å². The summed E-state index contributed by atoms with van der Waals surface area (Å²) < 4.78 is 0. The molecule has 3 aliphatic carbocycles. The fourth-order valence-electron chi connectivity index (χ4n) is 5.44. The van der Waals surface area contributed by atoms with Crippen LogP contribution in [0.15, 0.2) is 72.8 Å². The summed E-state index contributed by atoms with van der Waals surface area (Å²) in [6, 6.07) is 23.6. The van der Waals surface area contributed by atoms with Crippen LogP contribution in [0.1, 0.15) is 76.7 Å². The fraction of sp³-hybridized carbons (Fsp3) is 0.276. The minimum absolute atomic E-state index is 0.0744. The lowest BCUT2D eigenvalue weighted by Gasteiger charge is -2.40. The van der Waals surface area contributed by atoms with Crippen LogP contribution in [0.4, 0.5) is 5.69 Å². The summed E-state index contributed by atoms with van der Waals surface area (Å²) in [5.74, 6) is 0.992. The quantitative estimate of drug-likeness (QED) is 0.331. The molecule has 6 rings (SSSR count). The zero-order valence-corrected chi connectivity index (χ0v) is 18.3. The molecule has 0 heterocycles. The van der Waals surface area contributed by atoms with Crippen LogP contribution >= 0.6 is 0 Å². The summed E-state index contributed by atoms with van der Waals surface area (Å²) in [4.78, 5) is 15.2. The SMILES string of the molecule is CCN(CC)c1ccc(/C=C/C(=O)c2ccc3c(c2)C2CCC3c3ccccc32)cc1. The summed E-state index contributed by atoms with van der Waals surface area (Å²) in [7, 11) is 0. The van der Waals surface area contributed by atoms with Crippen LogP contribution in [0.2, 0.25) is 0 Å². The Hall–Kier alpha value is -3.13. The Bertz CT molecular complexity index is 1140. The number of allylic oxidation sites excluding steroid dienone is 1. The molecule has 2 atom stereocenters. The van der Waals surface area contributed by atoms with E-state index in [0.717, 1.165) is 24.2 Å². The first-order valence-electron chi connectivity index (χ1n) is 11.5. The first-order valence-corrected chi connectivity index (χ1v) is 11.5. The van der Waals surface area contributed by atoms with Gasteiger partial charge in [0, 0.05) is 36.2 Å². The molecule has 156 valence electrons. The minimum Gasteiger partial charge on any atom is -0.372 e. The Morgan fingerprint density at radius 2 is 1.45 bits per heavy atom. The van der Waals surface area contributed by atoms with Gasteiger partial charge in [0.2, 0.25) is 0 Å². The predicted octanol–water partition coefficient (Wildman–Crippen LogP) is 6.80. The largest absolute Gasteiger partial charge is 0.372 e. The number of rotatable bonds is 6. The van der Waals surface area contributed by atoms with Gasteiger partial charge >= 0.3 is 0 Å². The van der Waals surface area contributed by atoms with Crippen molar-refractivity contribution in [2.75, 3.05) is 18.0 Å². The molecule has 3 aromatic rings. The third-order valence-corrected chi connectivity index (χ3v) is 7.06. The van der Waals surface area contributed by atoms with E-state index in [9.17, 15) is 4.79 Å². The molecule has 0 N–H and O–H groups in total. The van der Waals surface area contributed by atoms with Crippen LogP contribution in [0.5, 0.6) is 0 Å². The van der Waals surface area contributed by atoms with E-state index in [1.807, 2.05) is 12.1 Å². The Labute approximate surface area is 185 Å². The normalized spacial score (nSPS) is 18.6. The number of hydrogen-bond donors (Lipinski definition) is 0. The van der Waals surface area contributed by atoms with Gasteiger partial charge in [0.25, 0.3) is 0 Å². The van der Waals surface area contributed by atoms with E-state index in [1.54, 1.807) is 6.08 Å². The third kappa shape index (κ3) is 3.50. The van der Waals surface area contributed by atoms with Gasteiger partial charge in [0.1, 0.15) is 0 Å². The van der Waals surface area contributed by atoms with Crippen LogP contribution in [-0.2, 0) is 0 Å².